The van der Waals surface area contributed by atoms with E-state index in [9.17, 15) is 0 Å². The summed E-state index contributed by atoms with van der Waals surface area (Å²) in [5.74, 6) is 0. The Bertz CT molecular complexity index is 4240. The highest BCUT2D eigenvalue weighted by Gasteiger charge is 2.28. The van der Waals surface area contributed by atoms with Crippen LogP contribution in [0.25, 0.3) is 98.3 Å². The van der Waals surface area contributed by atoms with Crippen molar-refractivity contribution in [1.29, 1.82) is 0 Å². The van der Waals surface area contributed by atoms with E-state index < -0.39 is 0 Å². The quantitative estimate of drug-likeness (QED) is 0.140. The van der Waals surface area contributed by atoms with E-state index in [0.29, 0.717) is 0 Å². The van der Waals surface area contributed by atoms with Gasteiger partial charge in [0.2, 0.25) is 0 Å². The first kappa shape index (κ1) is 44.0. The molecule has 15 rings (SSSR count). The van der Waals surface area contributed by atoms with Crippen LogP contribution in [0.1, 0.15) is 35.1 Å². The zero-order valence-corrected chi connectivity index (χ0v) is 42.1. The molecule has 0 saturated heterocycles. The summed E-state index contributed by atoms with van der Waals surface area (Å²) in [6.07, 6.45) is 8.92. The Morgan fingerprint density at radius 3 is 1.04 bits per heavy atom. The first-order valence-corrected chi connectivity index (χ1v) is 26.9. The molecule has 0 aromatic heterocycles. The van der Waals surface area contributed by atoms with E-state index in [2.05, 4.69) is 277 Å². The smallest absolute Gasteiger partial charge is 0.0540 e. The molecule has 0 spiro atoms. The molecule has 358 valence electrons. The minimum absolute atomic E-state index is 0.971. The molecule has 2 aliphatic carbocycles. The molecule has 0 unspecified atom stereocenters. The minimum Gasteiger partial charge on any atom is -0.310 e. The van der Waals surface area contributed by atoms with Gasteiger partial charge in [0, 0.05) is 44.7 Å². The summed E-state index contributed by atoms with van der Waals surface area (Å²) in [5, 5.41) is 14.6. The third-order valence-corrected chi connectivity index (χ3v) is 16.3. The van der Waals surface area contributed by atoms with E-state index in [1.54, 1.807) is 0 Å². The number of rotatable bonds is 8. The molecule has 0 N–H and O–H groups in total. The molecule has 2 nitrogen and oxygen atoms in total. The molecule has 0 aliphatic heterocycles. The van der Waals surface area contributed by atoms with Crippen LogP contribution in [-0.2, 0) is 12.8 Å². The van der Waals surface area contributed by atoms with Gasteiger partial charge in [-0.05, 0) is 149 Å². The van der Waals surface area contributed by atoms with Gasteiger partial charge in [-0.15, -0.1) is 0 Å². The van der Waals surface area contributed by atoms with Gasteiger partial charge in [-0.1, -0.05) is 231 Å². The van der Waals surface area contributed by atoms with Crippen molar-refractivity contribution in [1.82, 2.24) is 0 Å². The van der Waals surface area contributed by atoms with Gasteiger partial charge in [0.1, 0.15) is 0 Å². The lowest BCUT2D eigenvalue weighted by Gasteiger charge is -2.33. The molecule has 0 radical (unpaired) electrons. The van der Waals surface area contributed by atoms with Crippen molar-refractivity contribution in [2.45, 2.75) is 25.7 Å². The van der Waals surface area contributed by atoms with E-state index in [-0.39, 0.29) is 0 Å². The van der Waals surface area contributed by atoms with Crippen LogP contribution >= 0.6 is 0 Å². The average Bonchev–Trinajstić information content (AvgIpc) is 3.53. The zero-order valence-electron chi connectivity index (χ0n) is 42.1. The summed E-state index contributed by atoms with van der Waals surface area (Å²) in [5.41, 5.74) is 17.2. The Morgan fingerprint density at radius 1 is 0.250 bits per heavy atom. The average molecular weight is 969 g/mol. The Labute approximate surface area is 443 Å². The number of benzene rings is 13. The highest BCUT2D eigenvalue weighted by atomic mass is 15.2. The van der Waals surface area contributed by atoms with E-state index in [1.165, 1.54) is 132 Å². The van der Waals surface area contributed by atoms with Gasteiger partial charge < -0.3 is 9.80 Å². The van der Waals surface area contributed by atoms with Gasteiger partial charge in [0.15, 0.2) is 0 Å². The minimum atomic E-state index is 0.971. The Balaban J connectivity index is 1.08. The maximum absolute atomic E-state index is 2.55. The molecule has 0 fully saturated rings. The molecule has 13 aromatic carbocycles. The predicted molar refractivity (Wildman–Crippen MR) is 325 cm³/mol. The van der Waals surface area contributed by atoms with Crippen molar-refractivity contribution in [2.75, 3.05) is 9.80 Å². The molecule has 0 saturated carbocycles. The second-order valence-corrected chi connectivity index (χ2v) is 20.5. The number of allylic oxidation sites excluding steroid dienone is 2. The van der Waals surface area contributed by atoms with Crippen LogP contribution in [0, 0.1) is 0 Å². The van der Waals surface area contributed by atoms with Crippen molar-refractivity contribution in [3.05, 3.63) is 289 Å². The number of aryl methyl sites for hydroxylation is 2. The molecule has 76 heavy (non-hydrogen) atoms. The second kappa shape index (κ2) is 18.2. The largest absolute Gasteiger partial charge is 0.310 e. The van der Waals surface area contributed by atoms with Gasteiger partial charge in [-0.25, -0.2) is 0 Å². The second-order valence-electron chi connectivity index (χ2n) is 20.5. The van der Waals surface area contributed by atoms with Crippen molar-refractivity contribution in [3.8, 4) is 22.3 Å². The summed E-state index contributed by atoms with van der Waals surface area (Å²) >= 11 is 0. The molecular formula is C74H52N2. The summed E-state index contributed by atoms with van der Waals surface area (Å²) in [7, 11) is 0. The van der Waals surface area contributed by atoms with Crippen molar-refractivity contribution in [3.63, 3.8) is 0 Å². The SMILES string of the molecule is C1=C(N(c2ccc3c(-c4cccc5ccccc45)c4cc(N(C5=CCCc6ccccc65)c5cccc6ccccc56)ccc4c(-c4cccc5ccccc45)c3c2)c2cccc3ccccc23)c2ccccc2CC1. The van der Waals surface area contributed by atoms with Crippen LogP contribution in [0.2, 0.25) is 0 Å². The number of nitrogens with zero attached hydrogens (tertiary/aromatic N) is 2. The Kier molecular flexibility index (Phi) is 10.5. The molecular weight excluding hydrogens is 917 g/mol. The third-order valence-electron chi connectivity index (χ3n) is 16.3. The van der Waals surface area contributed by atoms with E-state index in [4.69, 9.17) is 0 Å². The Morgan fingerprint density at radius 2 is 0.592 bits per heavy atom. The van der Waals surface area contributed by atoms with Crippen LogP contribution in [0.15, 0.2) is 267 Å². The summed E-state index contributed by atoms with van der Waals surface area (Å²) in [6.45, 7) is 0. The molecule has 2 aliphatic rings. The predicted octanol–water partition coefficient (Wildman–Crippen LogP) is 20.2. The van der Waals surface area contributed by atoms with Gasteiger partial charge in [0.05, 0.1) is 11.4 Å². The fourth-order valence-electron chi connectivity index (χ4n) is 12.9. The van der Waals surface area contributed by atoms with E-state index >= 15 is 0 Å². The maximum atomic E-state index is 2.55. The van der Waals surface area contributed by atoms with Crippen LogP contribution in [-0.4, -0.2) is 0 Å². The maximum Gasteiger partial charge on any atom is 0.0540 e. The van der Waals surface area contributed by atoms with Crippen LogP contribution in [0.3, 0.4) is 0 Å². The fourth-order valence-corrected chi connectivity index (χ4v) is 12.9. The topological polar surface area (TPSA) is 6.48 Å². The number of fused-ring (bicyclic) bond motifs is 8. The lowest BCUT2D eigenvalue weighted by atomic mass is 9.83. The normalized spacial score (nSPS) is 13.2. The van der Waals surface area contributed by atoms with Gasteiger partial charge in [-0.3, -0.25) is 0 Å². The third kappa shape index (κ3) is 7.17. The fraction of sp³-hybridized carbons (Fsp3) is 0.0541. The molecule has 0 atom stereocenters. The first-order chi connectivity index (χ1) is 37.7. The van der Waals surface area contributed by atoms with E-state index in [1.807, 2.05) is 0 Å². The number of anilines is 4. The first-order valence-electron chi connectivity index (χ1n) is 26.9. The lowest BCUT2D eigenvalue weighted by Crippen LogP contribution is -2.19. The summed E-state index contributed by atoms with van der Waals surface area (Å²) in [4.78, 5) is 5.10. The lowest BCUT2D eigenvalue weighted by molar-refractivity contribution is 0.968. The zero-order chi connectivity index (χ0) is 50.1. The summed E-state index contributed by atoms with van der Waals surface area (Å²) in [6, 6.07) is 95.4. The van der Waals surface area contributed by atoms with Gasteiger partial charge in [0.25, 0.3) is 0 Å². The standard InChI is InChI=1S/C74H52N2/c1-7-31-57-49(19-1)25-13-37-63(57)73-65-45-43-56(76(71-41-17-29-53-23-5-11-35-61(53)71)72-42-18-30-54-24-6-12-36-62(54)72)48-68(65)74(64-38-14-26-50-20-2-8-32-58(50)64)66-46-44-55(47-67(66)73)75(69-39-15-27-51-21-3-9-33-59(51)69)70-40-16-28-52-22-4-10-34-60(52)70/h1-15,17,19-27,29,31-48H,16,18,28,30H2. The number of hydrogen-bond donors (Lipinski definition) is 0. The van der Waals surface area contributed by atoms with Crippen molar-refractivity contribution >= 4 is 98.8 Å². The van der Waals surface area contributed by atoms with Gasteiger partial charge in [-0.2, -0.15) is 0 Å². The summed E-state index contributed by atoms with van der Waals surface area (Å²) < 4.78 is 0. The molecule has 0 bridgehead atoms. The van der Waals surface area contributed by atoms with E-state index in [0.717, 1.165) is 37.1 Å². The van der Waals surface area contributed by atoms with Crippen LogP contribution in [0.5, 0.6) is 0 Å². The molecule has 2 heteroatoms. The Hall–Kier alpha value is -9.50. The molecule has 0 amide bonds. The van der Waals surface area contributed by atoms with Crippen molar-refractivity contribution in [2.24, 2.45) is 0 Å². The molecule has 0 heterocycles. The van der Waals surface area contributed by atoms with Crippen LogP contribution < -0.4 is 9.80 Å². The van der Waals surface area contributed by atoms with Crippen LogP contribution in [0.4, 0.5) is 22.7 Å². The highest BCUT2D eigenvalue weighted by molar-refractivity contribution is 6.26. The highest BCUT2D eigenvalue weighted by Crippen LogP contribution is 2.52. The monoisotopic (exact) mass is 968 g/mol. The number of hydrogen-bond acceptors (Lipinski definition) is 2. The van der Waals surface area contributed by atoms with Gasteiger partial charge >= 0.3 is 0 Å². The molecule has 13 aromatic rings. The van der Waals surface area contributed by atoms with Crippen molar-refractivity contribution < 1.29 is 0 Å².